The number of ether oxygens (including phenoxy) is 1. The van der Waals surface area contributed by atoms with Crippen LogP contribution < -0.4 is 0 Å². The molecular weight excluding hydrogens is 382 g/mol. The Balaban J connectivity index is 1.25. The second kappa shape index (κ2) is 6.86. The number of nitrogens with zero attached hydrogens (tertiary/aromatic N) is 3. The summed E-state index contributed by atoms with van der Waals surface area (Å²) in [4.78, 5) is 6.61. The lowest BCUT2D eigenvalue weighted by Gasteiger charge is -2.60. The lowest BCUT2D eigenvalue weighted by Crippen LogP contribution is -2.71. The highest BCUT2D eigenvalue weighted by molar-refractivity contribution is 7.97. The van der Waals surface area contributed by atoms with Crippen LogP contribution in [0.1, 0.15) is 24.2 Å². The first-order valence-corrected chi connectivity index (χ1v) is 9.91. The van der Waals surface area contributed by atoms with E-state index in [4.69, 9.17) is 4.74 Å². The van der Waals surface area contributed by atoms with Crippen LogP contribution in [-0.4, -0.2) is 65.8 Å². The van der Waals surface area contributed by atoms with E-state index in [0.29, 0.717) is 38.3 Å². The number of pyridine rings is 1. The Hall–Kier alpha value is -0.900. The summed E-state index contributed by atoms with van der Waals surface area (Å²) in [5.41, 5.74) is -1.37. The average molecular weight is 405 g/mol. The molecule has 0 aromatic carbocycles. The lowest BCUT2D eigenvalue weighted by atomic mass is 9.73. The van der Waals surface area contributed by atoms with E-state index in [1.165, 1.54) is 18.0 Å². The number of alkyl halides is 4. The molecule has 1 aromatic rings. The summed E-state index contributed by atoms with van der Waals surface area (Å²) in [6, 6.07) is 2.52. The summed E-state index contributed by atoms with van der Waals surface area (Å²) in [5.74, 6) is 0. The molecule has 3 fully saturated rings. The number of rotatable bonds is 4. The summed E-state index contributed by atoms with van der Waals surface area (Å²) < 4.78 is 60.2. The van der Waals surface area contributed by atoms with Crippen molar-refractivity contribution in [1.29, 1.82) is 0 Å². The van der Waals surface area contributed by atoms with Gasteiger partial charge in [-0.15, -0.1) is 0 Å². The van der Waals surface area contributed by atoms with Crippen LogP contribution in [0.2, 0.25) is 0 Å². The lowest BCUT2D eigenvalue weighted by molar-refractivity contribution is -0.141. The van der Waals surface area contributed by atoms with Gasteiger partial charge in [0.25, 0.3) is 0 Å². The molecule has 0 saturated carbocycles. The van der Waals surface area contributed by atoms with Crippen LogP contribution in [0.3, 0.4) is 0 Å². The van der Waals surface area contributed by atoms with Crippen molar-refractivity contribution >= 4 is 11.9 Å². The maximum atomic E-state index is 14.7. The van der Waals surface area contributed by atoms with Gasteiger partial charge in [-0.25, -0.2) is 13.7 Å². The van der Waals surface area contributed by atoms with Gasteiger partial charge in [0, 0.05) is 69.1 Å². The highest BCUT2D eigenvalue weighted by Crippen LogP contribution is 2.46. The van der Waals surface area contributed by atoms with Gasteiger partial charge in [-0.3, -0.25) is 4.90 Å². The van der Waals surface area contributed by atoms with Gasteiger partial charge in [0.05, 0.1) is 5.69 Å². The molecule has 4 rings (SSSR count). The van der Waals surface area contributed by atoms with Gasteiger partial charge in [0.15, 0.2) is 0 Å². The summed E-state index contributed by atoms with van der Waals surface area (Å²) >= 11 is 1.46. The van der Waals surface area contributed by atoms with E-state index >= 15 is 0 Å². The van der Waals surface area contributed by atoms with Gasteiger partial charge in [0.1, 0.15) is 11.4 Å². The molecule has 0 aliphatic carbocycles. The number of likely N-dealkylation sites (tertiary alicyclic amines) is 1. The van der Waals surface area contributed by atoms with Gasteiger partial charge in [0.2, 0.25) is 0 Å². The fourth-order valence-corrected chi connectivity index (χ4v) is 5.48. The Bertz CT molecular complexity index is 694. The third-order valence-corrected chi connectivity index (χ3v) is 6.74. The fraction of sp³-hybridized carbons (Fsp3) is 0.722. The Labute approximate surface area is 160 Å². The molecule has 3 saturated heterocycles. The normalized spacial score (nSPS) is 25.2. The van der Waals surface area contributed by atoms with Crippen LogP contribution in [-0.2, 0) is 10.9 Å². The molecule has 4 nitrogen and oxygen atoms in total. The molecule has 0 unspecified atom stereocenters. The van der Waals surface area contributed by atoms with E-state index in [-0.39, 0.29) is 5.41 Å². The van der Waals surface area contributed by atoms with Crippen LogP contribution in [0.25, 0.3) is 0 Å². The Morgan fingerprint density at radius 3 is 2.41 bits per heavy atom. The first kappa shape index (κ1) is 19.4. The molecule has 0 amide bonds. The van der Waals surface area contributed by atoms with Crippen LogP contribution in [0.15, 0.2) is 17.0 Å². The molecule has 4 heterocycles. The van der Waals surface area contributed by atoms with Crippen LogP contribution >= 0.6 is 11.9 Å². The molecule has 0 bridgehead atoms. The van der Waals surface area contributed by atoms with E-state index in [1.54, 1.807) is 6.92 Å². The third kappa shape index (κ3) is 4.11. The van der Waals surface area contributed by atoms with Crippen molar-refractivity contribution in [1.82, 2.24) is 14.2 Å². The molecule has 0 atom stereocenters. The van der Waals surface area contributed by atoms with Crippen molar-refractivity contribution in [3.63, 3.8) is 0 Å². The molecule has 3 aliphatic heterocycles. The Kier molecular flexibility index (Phi) is 4.93. The summed E-state index contributed by atoms with van der Waals surface area (Å²) in [7, 11) is 0. The zero-order valence-electron chi connectivity index (χ0n) is 15.2. The quantitative estimate of drug-likeness (QED) is 0.564. The number of hydrogen-bond acceptors (Lipinski definition) is 5. The molecule has 0 radical (unpaired) electrons. The Morgan fingerprint density at radius 2 is 1.81 bits per heavy atom. The SMILES string of the molecule is Cc1nc(C(F)(F)F)ccc1SN1CC2(CN(CC3(F)CCOCC3)C2)C1. The molecule has 27 heavy (non-hydrogen) atoms. The number of aromatic nitrogens is 1. The molecule has 0 N–H and O–H groups in total. The third-order valence-electron chi connectivity index (χ3n) is 5.59. The van der Waals surface area contributed by atoms with E-state index in [9.17, 15) is 17.6 Å². The maximum absolute atomic E-state index is 14.7. The minimum absolute atomic E-state index is 0.210. The van der Waals surface area contributed by atoms with Crippen molar-refractivity contribution in [2.75, 3.05) is 45.9 Å². The predicted octanol–water partition coefficient (Wildman–Crippen LogP) is 3.55. The van der Waals surface area contributed by atoms with Crippen molar-refractivity contribution in [2.24, 2.45) is 5.41 Å². The van der Waals surface area contributed by atoms with Crippen molar-refractivity contribution in [3.8, 4) is 0 Å². The van der Waals surface area contributed by atoms with Crippen molar-refractivity contribution in [2.45, 2.75) is 36.5 Å². The zero-order chi connectivity index (χ0) is 19.3. The number of hydrogen-bond donors (Lipinski definition) is 0. The van der Waals surface area contributed by atoms with E-state index < -0.39 is 17.5 Å². The monoisotopic (exact) mass is 405 g/mol. The first-order valence-electron chi connectivity index (χ1n) is 9.13. The first-order chi connectivity index (χ1) is 12.7. The number of aryl methyl sites for hydroxylation is 1. The minimum Gasteiger partial charge on any atom is -0.381 e. The average Bonchev–Trinajstić information content (AvgIpc) is 2.52. The second-order valence-electron chi connectivity index (χ2n) is 8.08. The van der Waals surface area contributed by atoms with Gasteiger partial charge < -0.3 is 4.74 Å². The van der Waals surface area contributed by atoms with E-state index in [2.05, 4.69) is 14.2 Å². The van der Waals surface area contributed by atoms with Crippen molar-refractivity contribution < 1.29 is 22.3 Å². The highest BCUT2D eigenvalue weighted by atomic mass is 32.2. The minimum atomic E-state index is -4.41. The summed E-state index contributed by atoms with van der Waals surface area (Å²) in [6.07, 6.45) is -3.47. The number of halogens is 4. The molecule has 3 aliphatic rings. The fourth-order valence-electron chi connectivity index (χ4n) is 4.22. The molecule has 9 heteroatoms. The van der Waals surface area contributed by atoms with Crippen molar-refractivity contribution in [3.05, 3.63) is 23.5 Å². The van der Waals surface area contributed by atoms with Gasteiger partial charge >= 0.3 is 6.18 Å². The van der Waals surface area contributed by atoms with E-state index in [0.717, 1.165) is 37.1 Å². The van der Waals surface area contributed by atoms with Crippen LogP contribution in [0, 0.1) is 12.3 Å². The predicted molar refractivity (Wildman–Crippen MR) is 94.2 cm³/mol. The van der Waals surface area contributed by atoms with E-state index in [1.807, 2.05) is 0 Å². The topological polar surface area (TPSA) is 28.6 Å². The molecule has 1 aromatic heterocycles. The largest absolute Gasteiger partial charge is 0.433 e. The maximum Gasteiger partial charge on any atom is 0.433 e. The molecular formula is C18H23F4N3OS. The summed E-state index contributed by atoms with van der Waals surface area (Å²) in [5, 5.41) is 0. The highest BCUT2D eigenvalue weighted by Gasteiger charge is 2.53. The standard InChI is InChI=1S/C18H23F4N3OS/c1-13-14(2-3-15(23-13)18(20,21)22)27-25-10-16(11-25)8-24(9-16)12-17(19)4-6-26-7-5-17/h2-3H,4-12H2,1H3. The zero-order valence-corrected chi connectivity index (χ0v) is 16.0. The molecule has 1 spiro atoms. The molecule has 150 valence electrons. The Morgan fingerprint density at radius 1 is 1.15 bits per heavy atom. The van der Waals surface area contributed by atoms with Gasteiger partial charge in [-0.1, -0.05) is 0 Å². The summed E-state index contributed by atoms with van der Waals surface area (Å²) in [6.45, 7) is 6.61. The second-order valence-corrected chi connectivity index (χ2v) is 9.21. The van der Waals surface area contributed by atoms with Crippen LogP contribution in [0.5, 0.6) is 0 Å². The van der Waals surface area contributed by atoms with Gasteiger partial charge in [-0.05, 0) is 31.0 Å². The smallest absolute Gasteiger partial charge is 0.381 e. The van der Waals surface area contributed by atoms with Gasteiger partial charge in [-0.2, -0.15) is 13.2 Å². The van der Waals surface area contributed by atoms with Crippen LogP contribution in [0.4, 0.5) is 17.6 Å².